The lowest BCUT2D eigenvalue weighted by Crippen LogP contribution is -2.01. The van der Waals surface area contributed by atoms with Crippen LogP contribution in [0.4, 0.5) is 0 Å². The first-order valence-electron chi connectivity index (χ1n) is 10.8. The second-order valence-corrected chi connectivity index (χ2v) is 8.32. The van der Waals surface area contributed by atoms with E-state index in [2.05, 4.69) is 6.07 Å². The van der Waals surface area contributed by atoms with Crippen molar-refractivity contribution in [1.29, 1.82) is 5.26 Å². The number of benzene rings is 4. The number of furan rings is 1. The van der Waals surface area contributed by atoms with Gasteiger partial charge in [0, 0.05) is 32.5 Å². The first kappa shape index (κ1) is 20.2. The highest BCUT2D eigenvalue weighted by Gasteiger charge is 2.21. The largest absolute Gasteiger partial charge is 0.456 e. The first-order valence-corrected chi connectivity index (χ1v) is 11.1. The monoisotopic (exact) mass is 457 g/mol. The topological polar surface area (TPSA) is 62.7 Å². The van der Waals surface area contributed by atoms with Gasteiger partial charge in [-0.2, -0.15) is 5.26 Å². The van der Waals surface area contributed by atoms with E-state index in [-0.39, 0.29) is 0 Å². The Morgan fingerprint density at radius 3 is 1.97 bits per heavy atom. The number of nitrogens with zero attached hydrogens (tertiary/aromatic N) is 3. The Kier molecular flexibility index (Phi) is 4.83. The van der Waals surface area contributed by atoms with E-state index in [1.54, 1.807) is 0 Å². The lowest BCUT2D eigenvalue weighted by molar-refractivity contribution is 0.669. The number of fused-ring (bicyclic) bond motifs is 3. The highest BCUT2D eigenvalue weighted by molar-refractivity contribution is 6.32. The molecule has 5 heteroatoms. The Balaban J connectivity index is 1.72. The lowest BCUT2D eigenvalue weighted by Gasteiger charge is -2.12. The van der Waals surface area contributed by atoms with Crippen LogP contribution in [0.5, 0.6) is 0 Å². The van der Waals surface area contributed by atoms with Crippen molar-refractivity contribution >= 4 is 33.5 Å². The van der Waals surface area contributed by atoms with E-state index in [9.17, 15) is 5.26 Å². The van der Waals surface area contributed by atoms with Gasteiger partial charge in [0.2, 0.25) is 0 Å². The maximum absolute atomic E-state index is 10.1. The predicted molar refractivity (Wildman–Crippen MR) is 135 cm³/mol. The minimum atomic E-state index is 0.438. The molecule has 0 aliphatic heterocycles. The van der Waals surface area contributed by atoms with Crippen LogP contribution in [-0.2, 0) is 0 Å². The summed E-state index contributed by atoms with van der Waals surface area (Å²) in [6, 6.07) is 33.2. The van der Waals surface area contributed by atoms with Gasteiger partial charge in [-0.25, -0.2) is 9.97 Å². The molecule has 2 heterocycles. The zero-order chi connectivity index (χ0) is 23.1. The van der Waals surface area contributed by atoms with E-state index in [1.165, 1.54) is 0 Å². The van der Waals surface area contributed by atoms with Gasteiger partial charge < -0.3 is 4.42 Å². The van der Waals surface area contributed by atoms with Crippen molar-refractivity contribution < 1.29 is 4.42 Å². The van der Waals surface area contributed by atoms with E-state index < -0.39 is 0 Å². The summed E-state index contributed by atoms with van der Waals surface area (Å²) in [6.07, 6.45) is 0. The van der Waals surface area contributed by atoms with Crippen molar-refractivity contribution in [2.75, 3.05) is 0 Å². The lowest BCUT2D eigenvalue weighted by atomic mass is 9.99. The van der Waals surface area contributed by atoms with Gasteiger partial charge in [0.15, 0.2) is 5.82 Å². The molecular formula is C29H16ClN3O. The number of rotatable bonds is 3. The first-order chi connectivity index (χ1) is 16.7. The fourth-order valence-electron chi connectivity index (χ4n) is 4.28. The third-order valence-corrected chi connectivity index (χ3v) is 6.05. The van der Waals surface area contributed by atoms with Gasteiger partial charge in [-0.3, -0.25) is 0 Å². The number of hydrogen-bond acceptors (Lipinski definition) is 4. The number of hydrogen-bond donors (Lipinski definition) is 0. The molecule has 34 heavy (non-hydrogen) atoms. The normalized spacial score (nSPS) is 11.1. The van der Waals surface area contributed by atoms with Crippen LogP contribution >= 0.6 is 11.6 Å². The molecule has 0 aliphatic carbocycles. The molecule has 4 aromatic carbocycles. The average Bonchev–Trinajstić information content (AvgIpc) is 3.27. The zero-order valence-corrected chi connectivity index (χ0v) is 18.6. The Morgan fingerprint density at radius 2 is 1.35 bits per heavy atom. The molecular weight excluding hydrogens is 442 g/mol. The van der Waals surface area contributed by atoms with Crippen molar-refractivity contribution in [3.05, 3.63) is 108 Å². The number of halogens is 1. The van der Waals surface area contributed by atoms with Crippen LogP contribution in [0.2, 0.25) is 5.02 Å². The van der Waals surface area contributed by atoms with Gasteiger partial charge in [-0.1, -0.05) is 84.4 Å². The third kappa shape index (κ3) is 3.31. The molecule has 0 radical (unpaired) electrons. The maximum atomic E-state index is 10.1. The van der Waals surface area contributed by atoms with Crippen molar-refractivity contribution in [3.63, 3.8) is 0 Å². The molecule has 6 rings (SSSR count). The van der Waals surface area contributed by atoms with Crippen LogP contribution < -0.4 is 0 Å². The minimum absolute atomic E-state index is 0.438. The molecule has 160 valence electrons. The van der Waals surface area contributed by atoms with Crippen LogP contribution in [0, 0.1) is 11.3 Å². The van der Waals surface area contributed by atoms with Gasteiger partial charge >= 0.3 is 0 Å². The van der Waals surface area contributed by atoms with Gasteiger partial charge in [0.05, 0.1) is 11.4 Å². The molecule has 0 spiro atoms. The summed E-state index contributed by atoms with van der Waals surface area (Å²) in [7, 11) is 0. The zero-order valence-electron chi connectivity index (χ0n) is 17.9. The van der Waals surface area contributed by atoms with E-state index in [4.69, 9.17) is 26.0 Å². The van der Waals surface area contributed by atoms with Crippen molar-refractivity contribution in [3.8, 4) is 40.0 Å². The van der Waals surface area contributed by atoms with Crippen molar-refractivity contribution in [1.82, 2.24) is 9.97 Å². The molecule has 2 aromatic heterocycles. The SMILES string of the molecule is N#Cc1c(-c2ccccc2)nc(-c2cccc3oc4ccc(Cl)cc4c23)nc1-c1ccccc1. The Morgan fingerprint density at radius 1 is 0.706 bits per heavy atom. The molecule has 0 atom stereocenters. The summed E-state index contributed by atoms with van der Waals surface area (Å²) >= 11 is 6.32. The van der Waals surface area contributed by atoms with Crippen LogP contribution in [0.25, 0.3) is 55.8 Å². The summed E-state index contributed by atoms with van der Waals surface area (Å²) in [4.78, 5) is 9.84. The van der Waals surface area contributed by atoms with E-state index in [0.29, 0.717) is 27.8 Å². The smallest absolute Gasteiger partial charge is 0.161 e. The molecule has 0 unspecified atom stereocenters. The Labute approximate surface area is 200 Å². The maximum Gasteiger partial charge on any atom is 0.161 e. The summed E-state index contributed by atoms with van der Waals surface area (Å²) in [6.45, 7) is 0. The van der Waals surface area contributed by atoms with Crippen LogP contribution in [0.15, 0.2) is 101 Å². The predicted octanol–water partition coefficient (Wildman–Crippen LogP) is 7.90. The Hall–Kier alpha value is -4.46. The van der Waals surface area contributed by atoms with Gasteiger partial charge in [0.1, 0.15) is 22.8 Å². The third-order valence-electron chi connectivity index (χ3n) is 5.81. The molecule has 0 saturated carbocycles. The summed E-state index contributed by atoms with van der Waals surface area (Å²) < 4.78 is 6.08. The Bertz CT molecular complexity index is 1660. The fraction of sp³-hybridized carbons (Fsp3) is 0. The summed E-state index contributed by atoms with van der Waals surface area (Å²) in [5.74, 6) is 0.519. The van der Waals surface area contributed by atoms with Crippen LogP contribution in [0.3, 0.4) is 0 Å². The quantitative estimate of drug-likeness (QED) is 0.271. The molecule has 0 bridgehead atoms. The second-order valence-electron chi connectivity index (χ2n) is 7.88. The summed E-state index contributed by atoms with van der Waals surface area (Å²) in [5.41, 5.74) is 5.62. The van der Waals surface area contributed by atoms with Gasteiger partial charge in [-0.05, 0) is 24.3 Å². The molecule has 4 nitrogen and oxygen atoms in total. The van der Waals surface area contributed by atoms with Crippen molar-refractivity contribution in [2.45, 2.75) is 0 Å². The van der Waals surface area contributed by atoms with Gasteiger partial charge in [-0.15, -0.1) is 0 Å². The highest BCUT2D eigenvalue weighted by Crippen LogP contribution is 2.38. The molecule has 6 aromatic rings. The van der Waals surface area contributed by atoms with E-state index in [0.717, 1.165) is 38.6 Å². The minimum Gasteiger partial charge on any atom is -0.456 e. The van der Waals surface area contributed by atoms with Crippen LogP contribution in [0.1, 0.15) is 5.56 Å². The molecule has 0 aliphatic rings. The van der Waals surface area contributed by atoms with E-state index >= 15 is 0 Å². The van der Waals surface area contributed by atoms with Crippen LogP contribution in [-0.4, -0.2) is 9.97 Å². The van der Waals surface area contributed by atoms with Gasteiger partial charge in [0.25, 0.3) is 0 Å². The fourth-order valence-corrected chi connectivity index (χ4v) is 4.45. The standard InChI is InChI=1S/C29H16ClN3O/c30-20-14-15-24-22(16-20)26-21(12-7-13-25(26)34-24)29-32-27(18-8-3-1-4-9-18)23(17-31)28(33-29)19-10-5-2-6-11-19/h1-16H. The number of nitriles is 1. The molecule has 0 N–H and O–H groups in total. The van der Waals surface area contributed by atoms with E-state index in [1.807, 2.05) is 97.1 Å². The van der Waals surface area contributed by atoms with Crippen molar-refractivity contribution in [2.24, 2.45) is 0 Å². The molecule has 0 amide bonds. The summed E-state index contributed by atoms with van der Waals surface area (Å²) in [5, 5.41) is 12.5. The molecule has 0 saturated heterocycles. The number of aromatic nitrogens is 2. The average molecular weight is 458 g/mol. The highest BCUT2D eigenvalue weighted by atomic mass is 35.5. The molecule has 0 fully saturated rings. The second kappa shape index (κ2) is 8.15.